The molecule has 3 heterocycles. The summed E-state index contributed by atoms with van der Waals surface area (Å²) in [6, 6.07) is 0. The Kier molecular flexibility index (Phi) is 4.41. The number of rotatable bonds is 5. The summed E-state index contributed by atoms with van der Waals surface area (Å²) in [5.41, 5.74) is 0. The van der Waals surface area contributed by atoms with Crippen LogP contribution in [0.2, 0.25) is 0 Å². The van der Waals surface area contributed by atoms with Gasteiger partial charge in [-0.3, -0.25) is 4.79 Å². The van der Waals surface area contributed by atoms with E-state index in [1.807, 2.05) is 0 Å². The highest BCUT2D eigenvalue weighted by Crippen LogP contribution is 2.34. The second-order valence-electron chi connectivity index (χ2n) is 6.41. The minimum atomic E-state index is -3.11. The lowest BCUT2D eigenvalue weighted by molar-refractivity contribution is -0.130. The molecule has 2 aliphatic heterocycles. The first-order valence-electron chi connectivity index (χ1n) is 7.70. The van der Waals surface area contributed by atoms with E-state index < -0.39 is 9.84 Å². The van der Waals surface area contributed by atoms with E-state index in [-0.39, 0.29) is 30.3 Å². The van der Waals surface area contributed by atoms with Crippen molar-refractivity contribution in [2.45, 2.75) is 38.4 Å². The van der Waals surface area contributed by atoms with Gasteiger partial charge in [0.05, 0.1) is 24.4 Å². The molecule has 3 rings (SSSR count). The number of amides is 1. The van der Waals surface area contributed by atoms with Crippen molar-refractivity contribution in [3.63, 3.8) is 0 Å². The molecule has 2 fully saturated rings. The van der Waals surface area contributed by atoms with Crippen LogP contribution in [0.25, 0.3) is 0 Å². The van der Waals surface area contributed by atoms with E-state index in [9.17, 15) is 13.2 Å². The average Bonchev–Trinajstić information content (AvgIpc) is 3.10. The second kappa shape index (κ2) is 6.20. The predicted octanol–water partition coefficient (Wildman–Crippen LogP) is -0.0289. The third-order valence-corrected chi connectivity index (χ3v) is 5.27. The molecule has 0 unspecified atom stereocenters. The van der Waals surface area contributed by atoms with Gasteiger partial charge in [-0.1, -0.05) is 5.16 Å². The molecule has 0 aliphatic carbocycles. The van der Waals surface area contributed by atoms with E-state index in [1.54, 1.807) is 11.8 Å². The van der Waals surface area contributed by atoms with Crippen molar-refractivity contribution in [3.05, 3.63) is 11.7 Å². The lowest BCUT2D eigenvalue weighted by atomic mass is 10.0. The van der Waals surface area contributed by atoms with E-state index in [1.165, 1.54) is 0 Å². The fraction of sp³-hybridized carbons (Fsp3) is 0.786. The molecular weight excluding hydrogens is 322 g/mol. The molecule has 8 nitrogen and oxygen atoms in total. The van der Waals surface area contributed by atoms with Crippen molar-refractivity contribution in [2.75, 3.05) is 25.1 Å². The third-order valence-electron chi connectivity index (χ3n) is 4.33. The summed E-state index contributed by atoms with van der Waals surface area (Å²) in [6.45, 7) is 2.94. The van der Waals surface area contributed by atoms with Crippen LogP contribution in [0.1, 0.15) is 24.6 Å². The summed E-state index contributed by atoms with van der Waals surface area (Å²) in [5.74, 6) is 1.27. The van der Waals surface area contributed by atoms with Gasteiger partial charge in [-0.15, -0.1) is 0 Å². The molecule has 128 valence electrons. The van der Waals surface area contributed by atoms with Crippen molar-refractivity contribution in [2.24, 2.45) is 5.92 Å². The third kappa shape index (κ3) is 4.08. The van der Waals surface area contributed by atoms with Crippen molar-refractivity contribution in [1.82, 2.24) is 15.0 Å². The predicted molar refractivity (Wildman–Crippen MR) is 80.4 cm³/mol. The number of likely N-dealkylation sites (tertiary alicyclic amines) is 1. The van der Waals surface area contributed by atoms with Crippen LogP contribution in [-0.2, 0) is 25.8 Å². The molecule has 2 saturated heterocycles. The van der Waals surface area contributed by atoms with Crippen LogP contribution >= 0.6 is 0 Å². The maximum atomic E-state index is 12.1. The molecule has 0 N–H and O–H groups in total. The topological polar surface area (TPSA) is 103 Å². The summed E-state index contributed by atoms with van der Waals surface area (Å²) in [7, 11) is -3.11. The highest BCUT2D eigenvalue weighted by atomic mass is 32.2. The zero-order valence-corrected chi connectivity index (χ0v) is 14.1. The van der Waals surface area contributed by atoms with Crippen LogP contribution < -0.4 is 0 Å². The van der Waals surface area contributed by atoms with E-state index in [0.29, 0.717) is 37.1 Å². The Balaban J connectivity index is 1.48. The summed E-state index contributed by atoms with van der Waals surface area (Å²) in [6.07, 6.45) is 2.69. The molecule has 23 heavy (non-hydrogen) atoms. The summed E-state index contributed by atoms with van der Waals surface area (Å²) < 4.78 is 33.4. The minimum absolute atomic E-state index is 0.0196. The summed E-state index contributed by atoms with van der Waals surface area (Å²) in [4.78, 5) is 18.0. The Morgan fingerprint density at radius 3 is 2.78 bits per heavy atom. The zero-order chi connectivity index (χ0) is 16.6. The number of nitrogens with zero attached hydrogens (tertiary/aromatic N) is 3. The number of carbonyl (C=O) groups excluding carboxylic acids is 1. The number of ether oxygens (including phenoxy) is 1. The molecule has 3 atom stereocenters. The van der Waals surface area contributed by atoms with E-state index in [0.717, 1.165) is 12.7 Å². The molecule has 0 spiro atoms. The molecule has 1 aromatic heterocycles. The fourth-order valence-corrected chi connectivity index (χ4v) is 3.79. The lowest BCUT2D eigenvalue weighted by Crippen LogP contribution is -2.32. The van der Waals surface area contributed by atoms with Crippen molar-refractivity contribution < 1.29 is 22.5 Å². The standard InChI is InChI=1S/C14H21N3O5S/c1-9-15-13(22-16-9)6-11-5-10-7-17(8-12(10)21-11)14(18)3-4-23(2,19)20/h10-12H,3-8H2,1-2H3/t10-,11-,12+/m0/s1. The number of hydrogen-bond donors (Lipinski definition) is 0. The second-order valence-corrected chi connectivity index (χ2v) is 8.67. The average molecular weight is 343 g/mol. The first-order chi connectivity index (χ1) is 10.8. The van der Waals surface area contributed by atoms with Gasteiger partial charge < -0.3 is 14.2 Å². The van der Waals surface area contributed by atoms with Crippen molar-refractivity contribution in [1.29, 1.82) is 0 Å². The Hall–Kier alpha value is -1.48. The Labute approximate surface area is 135 Å². The smallest absolute Gasteiger partial charge is 0.229 e. The number of aromatic nitrogens is 2. The monoisotopic (exact) mass is 343 g/mol. The number of carbonyl (C=O) groups is 1. The van der Waals surface area contributed by atoms with E-state index >= 15 is 0 Å². The Bertz CT molecular complexity index is 672. The quantitative estimate of drug-likeness (QED) is 0.739. The van der Waals surface area contributed by atoms with E-state index in [4.69, 9.17) is 9.26 Å². The van der Waals surface area contributed by atoms with Crippen molar-refractivity contribution in [3.8, 4) is 0 Å². The van der Waals surface area contributed by atoms with Gasteiger partial charge in [0.1, 0.15) is 9.84 Å². The Morgan fingerprint density at radius 1 is 1.39 bits per heavy atom. The molecule has 0 radical (unpaired) electrons. The maximum absolute atomic E-state index is 12.1. The van der Waals surface area contributed by atoms with Crippen LogP contribution in [-0.4, -0.2) is 66.7 Å². The van der Waals surface area contributed by atoms with Crippen LogP contribution in [0.15, 0.2) is 4.52 Å². The Morgan fingerprint density at radius 2 is 2.17 bits per heavy atom. The molecule has 9 heteroatoms. The molecule has 0 bridgehead atoms. The number of sulfone groups is 1. The van der Waals surface area contributed by atoms with Gasteiger partial charge in [0.25, 0.3) is 0 Å². The van der Waals surface area contributed by atoms with Crippen LogP contribution in [0.5, 0.6) is 0 Å². The summed E-state index contributed by atoms with van der Waals surface area (Å²) >= 11 is 0. The van der Waals surface area contributed by atoms with Crippen LogP contribution in [0.4, 0.5) is 0 Å². The first kappa shape index (κ1) is 16.4. The van der Waals surface area contributed by atoms with Gasteiger partial charge >= 0.3 is 0 Å². The fourth-order valence-electron chi connectivity index (χ4n) is 3.25. The van der Waals surface area contributed by atoms with Gasteiger partial charge in [-0.05, 0) is 13.3 Å². The SMILES string of the molecule is Cc1noc(C[C@@H]2C[C@H]3CN(C(=O)CCS(C)(=O)=O)C[C@H]3O2)n1. The van der Waals surface area contributed by atoms with Gasteiger partial charge in [-0.2, -0.15) is 4.98 Å². The van der Waals surface area contributed by atoms with Gasteiger partial charge in [-0.25, -0.2) is 8.42 Å². The number of hydrogen-bond acceptors (Lipinski definition) is 7. The van der Waals surface area contributed by atoms with Gasteiger partial charge in [0.2, 0.25) is 11.8 Å². The highest BCUT2D eigenvalue weighted by molar-refractivity contribution is 7.90. The van der Waals surface area contributed by atoms with Crippen molar-refractivity contribution >= 4 is 15.7 Å². The van der Waals surface area contributed by atoms with Gasteiger partial charge in [0.15, 0.2) is 5.82 Å². The summed E-state index contributed by atoms with van der Waals surface area (Å²) in [5, 5.41) is 3.76. The molecule has 2 aliphatic rings. The zero-order valence-electron chi connectivity index (χ0n) is 13.3. The lowest BCUT2D eigenvalue weighted by Gasteiger charge is -2.18. The molecule has 1 aromatic rings. The molecular formula is C14H21N3O5S. The first-order valence-corrected chi connectivity index (χ1v) is 9.76. The number of fused-ring (bicyclic) bond motifs is 1. The minimum Gasteiger partial charge on any atom is -0.372 e. The van der Waals surface area contributed by atoms with E-state index in [2.05, 4.69) is 10.1 Å². The normalized spacial score (nSPS) is 27.4. The van der Waals surface area contributed by atoms with Crippen LogP contribution in [0.3, 0.4) is 0 Å². The highest BCUT2D eigenvalue weighted by Gasteiger charge is 2.43. The maximum Gasteiger partial charge on any atom is 0.229 e. The number of aryl methyl sites for hydroxylation is 1. The van der Waals surface area contributed by atoms with Crippen LogP contribution in [0, 0.1) is 12.8 Å². The van der Waals surface area contributed by atoms with Gasteiger partial charge in [0, 0.05) is 31.7 Å². The molecule has 1 amide bonds. The molecule has 0 saturated carbocycles. The largest absolute Gasteiger partial charge is 0.372 e. The molecule has 0 aromatic carbocycles.